The second-order valence-corrected chi connectivity index (χ2v) is 7.00. The molecule has 0 aromatic heterocycles. The first-order chi connectivity index (χ1) is 7.34. The summed E-state index contributed by atoms with van der Waals surface area (Å²) in [5.74, 6) is 1.15. The van der Waals surface area contributed by atoms with Crippen LogP contribution >= 0.6 is 11.8 Å². The second kappa shape index (κ2) is 4.96. The lowest BCUT2D eigenvalue weighted by Crippen LogP contribution is -2.58. The minimum atomic E-state index is -0.655. The largest absolute Gasteiger partial charge is 0.339 e. The maximum atomic E-state index is 12.4. The number of carbonyl (C=O) groups is 1. The first-order valence-corrected chi connectivity index (χ1v) is 7.05. The molecule has 0 saturated carbocycles. The summed E-state index contributed by atoms with van der Waals surface area (Å²) in [6, 6.07) is 0. The van der Waals surface area contributed by atoms with Gasteiger partial charge in [0.25, 0.3) is 0 Å². The molecular formula is C12H24N2OS. The molecular weight excluding hydrogens is 220 g/mol. The fourth-order valence-electron chi connectivity index (χ4n) is 2.06. The van der Waals surface area contributed by atoms with Gasteiger partial charge in [-0.25, -0.2) is 0 Å². The first kappa shape index (κ1) is 13.8. The number of rotatable bonds is 3. The van der Waals surface area contributed by atoms with Crippen molar-refractivity contribution in [1.82, 2.24) is 4.90 Å². The molecule has 2 N–H and O–H groups in total. The highest BCUT2D eigenvalue weighted by Crippen LogP contribution is 2.31. The van der Waals surface area contributed by atoms with Crippen molar-refractivity contribution in [2.75, 3.05) is 18.8 Å². The van der Waals surface area contributed by atoms with Gasteiger partial charge in [0.1, 0.15) is 0 Å². The predicted octanol–water partition coefficient (Wildman–Crippen LogP) is 1.86. The molecule has 1 saturated heterocycles. The van der Waals surface area contributed by atoms with Gasteiger partial charge in [0.05, 0.1) is 5.54 Å². The summed E-state index contributed by atoms with van der Waals surface area (Å²) >= 11 is 1.93. The van der Waals surface area contributed by atoms with E-state index < -0.39 is 5.54 Å². The van der Waals surface area contributed by atoms with Crippen LogP contribution in [0, 0.1) is 0 Å². The molecule has 94 valence electrons. The quantitative estimate of drug-likeness (QED) is 0.824. The van der Waals surface area contributed by atoms with E-state index in [1.165, 1.54) is 0 Å². The summed E-state index contributed by atoms with van der Waals surface area (Å²) in [6.07, 6.45) is 1.43. The van der Waals surface area contributed by atoms with Crippen LogP contribution < -0.4 is 5.73 Å². The third kappa shape index (κ3) is 2.92. The van der Waals surface area contributed by atoms with Crippen LogP contribution in [0.2, 0.25) is 0 Å². The van der Waals surface area contributed by atoms with E-state index in [1.807, 2.05) is 30.5 Å². The molecule has 1 heterocycles. The molecule has 0 aromatic carbocycles. The Labute approximate surface area is 103 Å². The van der Waals surface area contributed by atoms with E-state index in [0.717, 1.165) is 18.8 Å². The van der Waals surface area contributed by atoms with Crippen LogP contribution in [-0.2, 0) is 4.79 Å². The van der Waals surface area contributed by atoms with Crippen molar-refractivity contribution in [3.63, 3.8) is 0 Å². The minimum absolute atomic E-state index is 0.130. The topological polar surface area (TPSA) is 46.3 Å². The molecule has 16 heavy (non-hydrogen) atoms. The highest BCUT2D eigenvalue weighted by Gasteiger charge is 2.38. The fourth-order valence-corrected chi connectivity index (χ4v) is 3.17. The lowest BCUT2D eigenvalue weighted by Gasteiger charge is -2.41. The normalized spacial score (nSPS) is 20.9. The number of hydrogen-bond donors (Lipinski definition) is 1. The lowest BCUT2D eigenvalue weighted by molar-refractivity contribution is -0.137. The zero-order valence-electron chi connectivity index (χ0n) is 10.9. The van der Waals surface area contributed by atoms with E-state index in [9.17, 15) is 4.79 Å². The zero-order chi connectivity index (χ0) is 12.4. The van der Waals surface area contributed by atoms with E-state index in [4.69, 9.17) is 5.73 Å². The van der Waals surface area contributed by atoms with Gasteiger partial charge in [-0.15, -0.1) is 0 Å². The summed E-state index contributed by atoms with van der Waals surface area (Å²) in [6.45, 7) is 10.0. The van der Waals surface area contributed by atoms with Crippen LogP contribution in [0.4, 0.5) is 0 Å². The average Bonchev–Trinajstić information content (AvgIpc) is 2.25. The van der Waals surface area contributed by atoms with Crippen LogP contribution in [0.25, 0.3) is 0 Å². The summed E-state index contributed by atoms with van der Waals surface area (Å²) in [7, 11) is 0. The van der Waals surface area contributed by atoms with Gasteiger partial charge in [-0.3, -0.25) is 4.79 Å². The number of amides is 1. The van der Waals surface area contributed by atoms with Gasteiger partial charge in [0.2, 0.25) is 5.91 Å². The fraction of sp³-hybridized carbons (Fsp3) is 0.917. The van der Waals surface area contributed by atoms with Crippen molar-refractivity contribution in [3.05, 3.63) is 0 Å². The molecule has 1 amide bonds. The van der Waals surface area contributed by atoms with Crippen molar-refractivity contribution >= 4 is 17.7 Å². The van der Waals surface area contributed by atoms with Gasteiger partial charge in [-0.05, 0) is 26.7 Å². The van der Waals surface area contributed by atoms with E-state index >= 15 is 0 Å². The summed E-state index contributed by atoms with van der Waals surface area (Å²) in [4.78, 5) is 14.3. The Morgan fingerprint density at radius 3 is 2.44 bits per heavy atom. The molecule has 0 radical (unpaired) electrons. The molecule has 1 rings (SSSR count). The maximum absolute atomic E-state index is 12.4. The summed E-state index contributed by atoms with van der Waals surface area (Å²) in [5.41, 5.74) is 5.51. The first-order valence-electron chi connectivity index (χ1n) is 6.07. The van der Waals surface area contributed by atoms with E-state index in [-0.39, 0.29) is 10.7 Å². The standard InChI is InChI=1S/C12H24N2OS/c1-5-12(13,6-2)10(15)14-7-8-16-11(3,4)9-14/h5-9,13H2,1-4H3. The minimum Gasteiger partial charge on any atom is -0.339 e. The predicted molar refractivity (Wildman–Crippen MR) is 70.6 cm³/mol. The molecule has 1 fully saturated rings. The van der Waals surface area contributed by atoms with Crippen LogP contribution in [0.1, 0.15) is 40.5 Å². The summed E-state index contributed by atoms with van der Waals surface area (Å²) in [5, 5.41) is 0. The van der Waals surface area contributed by atoms with Gasteiger partial charge >= 0.3 is 0 Å². The lowest BCUT2D eigenvalue weighted by atomic mass is 9.92. The van der Waals surface area contributed by atoms with Crippen LogP contribution in [-0.4, -0.2) is 39.9 Å². The van der Waals surface area contributed by atoms with Gasteiger partial charge in [0.15, 0.2) is 0 Å². The Morgan fingerprint density at radius 1 is 1.44 bits per heavy atom. The van der Waals surface area contributed by atoms with Crippen LogP contribution in [0.15, 0.2) is 0 Å². The van der Waals surface area contributed by atoms with Crippen LogP contribution in [0.5, 0.6) is 0 Å². The Kier molecular flexibility index (Phi) is 4.29. The molecule has 0 bridgehead atoms. The number of nitrogens with zero attached hydrogens (tertiary/aromatic N) is 1. The maximum Gasteiger partial charge on any atom is 0.242 e. The molecule has 0 aromatic rings. The average molecular weight is 244 g/mol. The van der Waals surface area contributed by atoms with Crippen LogP contribution in [0.3, 0.4) is 0 Å². The van der Waals surface area contributed by atoms with E-state index in [1.54, 1.807) is 0 Å². The van der Waals surface area contributed by atoms with Crippen molar-refractivity contribution in [2.45, 2.75) is 50.8 Å². The van der Waals surface area contributed by atoms with Crippen molar-refractivity contribution in [1.29, 1.82) is 0 Å². The number of hydrogen-bond acceptors (Lipinski definition) is 3. The Bertz CT molecular complexity index is 262. The molecule has 1 aliphatic heterocycles. The third-order valence-corrected chi connectivity index (χ3v) is 4.70. The smallest absolute Gasteiger partial charge is 0.242 e. The number of nitrogens with two attached hydrogens (primary N) is 1. The van der Waals surface area contributed by atoms with Gasteiger partial charge in [-0.1, -0.05) is 13.8 Å². The van der Waals surface area contributed by atoms with Crippen molar-refractivity contribution in [3.8, 4) is 0 Å². The molecule has 0 atom stereocenters. The van der Waals surface area contributed by atoms with Crippen molar-refractivity contribution < 1.29 is 4.79 Å². The highest BCUT2D eigenvalue weighted by molar-refractivity contribution is 8.00. The Hall–Kier alpha value is -0.220. The van der Waals surface area contributed by atoms with Gasteiger partial charge < -0.3 is 10.6 Å². The highest BCUT2D eigenvalue weighted by atomic mass is 32.2. The van der Waals surface area contributed by atoms with E-state index in [0.29, 0.717) is 12.8 Å². The zero-order valence-corrected chi connectivity index (χ0v) is 11.7. The molecule has 0 aliphatic carbocycles. The SMILES string of the molecule is CCC(N)(CC)C(=O)N1CCSC(C)(C)C1. The Morgan fingerprint density at radius 2 is 2.00 bits per heavy atom. The molecule has 4 heteroatoms. The third-order valence-electron chi connectivity index (χ3n) is 3.40. The van der Waals surface area contributed by atoms with E-state index in [2.05, 4.69) is 13.8 Å². The molecule has 0 unspecified atom stereocenters. The van der Waals surface area contributed by atoms with Gasteiger partial charge in [0, 0.05) is 23.6 Å². The molecule has 3 nitrogen and oxygen atoms in total. The summed E-state index contributed by atoms with van der Waals surface area (Å²) < 4.78 is 0.163. The second-order valence-electron chi connectivity index (χ2n) is 5.20. The Balaban J connectivity index is 2.74. The number of carbonyl (C=O) groups excluding carboxylic acids is 1. The van der Waals surface area contributed by atoms with Crippen molar-refractivity contribution in [2.24, 2.45) is 5.73 Å². The van der Waals surface area contributed by atoms with Gasteiger partial charge in [-0.2, -0.15) is 11.8 Å². The molecule has 1 aliphatic rings. The monoisotopic (exact) mass is 244 g/mol. The number of thioether (sulfide) groups is 1. The molecule has 0 spiro atoms.